The van der Waals surface area contributed by atoms with Gasteiger partial charge in [0.1, 0.15) is 17.4 Å². The fraction of sp³-hybridized carbons (Fsp3) is 0.100. The number of nitrogens with zero attached hydrogens (tertiary/aromatic N) is 3. The molecule has 2 heterocycles. The number of nitriles is 1. The van der Waals surface area contributed by atoms with Crippen molar-refractivity contribution in [2.45, 2.75) is 6.42 Å². The molecule has 0 radical (unpaired) electrons. The van der Waals surface area contributed by atoms with Gasteiger partial charge in [0.05, 0.1) is 22.2 Å². The molecule has 0 bridgehead atoms. The summed E-state index contributed by atoms with van der Waals surface area (Å²) in [5, 5.41) is 19.8. The molecule has 0 saturated heterocycles. The number of amides is 2. The van der Waals surface area contributed by atoms with E-state index in [0.717, 1.165) is 10.4 Å². The lowest BCUT2D eigenvalue weighted by Crippen LogP contribution is -2.31. The van der Waals surface area contributed by atoms with Gasteiger partial charge >= 0.3 is 0 Å². The number of allylic oxidation sites excluding steroid dienone is 1. The maximum absolute atomic E-state index is 12.4. The molecule has 7 heteroatoms. The number of carbonyl (C=O) groups excluding carboxylic acids is 2. The molecule has 0 aliphatic carbocycles. The highest BCUT2D eigenvalue weighted by Crippen LogP contribution is 2.24. The van der Waals surface area contributed by atoms with Crippen molar-refractivity contribution in [3.63, 3.8) is 0 Å². The number of para-hydroxylation sites is 2. The Morgan fingerprint density at radius 3 is 2.33 bits per heavy atom. The van der Waals surface area contributed by atoms with Crippen LogP contribution in [-0.4, -0.2) is 38.3 Å². The summed E-state index contributed by atoms with van der Waals surface area (Å²) in [5.74, 6) is -0.775. The van der Waals surface area contributed by atoms with E-state index in [1.54, 1.807) is 30.3 Å². The second kappa shape index (κ2) is 6.42. The number of aliphatic hydroxyl groups excluding tert-OH is 1. The van der Waals surface area contributed by atoms with Crippen LogP contribution in [0.2, 0.25) is 0 Å². The third kappa shape index (κ3) is 2.73. The molecule has 1 aliphatic rings. The minimum absolute atomic E-state index is 0.0113. The molecule has 0 saturated carbocycles. The van der Waals surface area contributed by atoms with Crippen LogP contribution in [0.1, 0.15) is 33.0 Å². The van der Waals surface area contributed by atoms with Crippen molar-refractivity contribution in [3.05, 3.63) is 71.2 Å². The van der Waals surface area contributed by atoms with E-state index in [9.17, 15) is 20.0 Å². The number of imide groups is 1. The van der Waals surface area contributed by atoms with E-state index in [0.29, 0.717) is 16.6 Å². The van der Waals surface area contributed by atoms with Crippen LogP contribution >= 0.6 is 0 Å². The maximum atomic E-state index is 12.4. The van der Waals surface area contributed by atoms with Crippen molar-refractivity contribution in [1.82, 2.24) is 14.9 Å². The number of aliphatic hydroxyl groups is 1. The van der Waals surface area contributed by atoms with Crippen LogP contribution < -0.4 is 0 Å². The fourth-order valence-corrected chi connectivity index (χ4v) is 3.11. The Balaban J connectivity index is 1.57. The summed E-state index contributed by atoms with van der Waals surface area (Å²) in [5.41, 5.74) is 2.11. The first-order chi connectivity index (χ1) is 13.1. The zero-order valence-corrected chi connectivity index (χ0v) is 14.1. The van der Waals surface area contributed by atoms with Gasteiger partial charge in [-0.2, -0.15) is 5.26 Å². The molecule has 3 aromatic rings. The monoisotopic (exact) mass is 358 g/mol. The minimum Gasteiger partial charge on any atom is -0.511 e. The van der Waals surface area contributed by atoms with Crippen LogP contribution in [0, 0.1) is 11.3 Å². The van der Waals surface area contributed by atoms with Gasteiger partial charge in [0.25, 0.3) is 11.8 Å². The standard InChI is InChI=1S/C20H14N4O3/c21-11-14(18-22-15-7-3-4-8-16(15)23-18)17(25)9-10-24-19(26)12-5-1-2-6-13(12)20(24)27/h1-8,25H,9-10H2,(H,22,23)/b17-14+. The Morgan fingerprint density at radius 2 is 1.70 bits per heavy atom. The van der Waals surface area contributed by atoms with Crippen LogP contribution in [0.4, 0.5) is 0 Å². The van der Waals surface area contributed by atoms with Crippen molar-refractivity contribution in [3.8, 4) is 6.07 Å². The van der Waals surface area contributed by atoms with Gasteiger partial charge in [-0.25, -0.2) is 4.98 Å². The number of hydrogen-bond donors (Lipinski definition) is 2. The maximum Gasteiger partial charge on any atom is 0.261 e. The number of rotatable bonds is 4. The first-order valence-corrected chi connectivity index (χ1v) is 8.32. The topological polar surface area (TPSA) is 110 Å². The van der Waals surface area contributed by atoms with Crippen molar-refractivity contribution in [1.29, 1.82) is 5.26 Å². The summed E-state index contributed by atoms with van der Waals surface area (Å²) < 4.78 is 0. The fourth-order valence-electron chi connectivity index (χ4n) is 3.11. The first kappa shape index (κ1) is 16.5. The number of benzene rings is 2. The van der Waals surface area contributed by atoms with E-state index in [1.165, 1.54) is 0 Å². The molecular weight excluding hydrogens is 344 g/mol. The Morgan fingerprint density at radius 1 is 1.07 bits per heavy atom. The van der Waals surface area contributed by atoms with Gasteiger partial charge < -0.3 is 10.1 Å². The molecule has 4 rings (SSSR count). The summed E-state index contributed by atoms with van der Waals surface area (Å²) in [7, 11) is 0. The second-order valence-corrected chi connectivity index (χ2v) is 6.09. The Kier molecular flexibility index (Phi) is 3.94. The Labute approximate surface area is 154 Å². The smallest absolute Gasteiger partial charge is 0.261 e. The number of hydrogen-bond acceptors (Lipinski definition) is 5. The highest BCUT2D eigenvalue weighted by atomic mass is 16.3. The SMILES string of the molecule is N#C/C(=C(\O)CCN1C(=O)c2ccccc2C1=O)c1nc2ccccc2[nH]1. The number of nitrogens with one attached hydrogen (secondary N) is 1. The number of fused-ring (bicyclic) bond motifs is 2. The van der Waals surface area contributed by atoms with Gasteiger partial charge in [0, 0.05) is 13.0 Å². The van der Waals surface area contributed by atoms with Crippen molar-refractivity contribution in [2.24, 2.45) is 0 Å². The van der Waals surface area contributed by atoms with Gasteiger partial charge in [-0.1, -0.05) is 24.3 Å². The minimum atomic E-state index is -0.398. The van der Waals surface area contributed by atoms with Gasteiger partial charge in [-0.3, -0.25) is 14.5 Å². The number of imidazole rings is 1. The van der Waals surface area contributed by atoms with E-state index in [-0.39, 0.29) is 30.1 Å². The van der Waals surface area contributed by atoms with Crippen LogP contribution in [0.5, 0.6) is 0 Å². The van der Waals surface area contributed by atoms with Crippen LogP contribution in [0.25, 0.3) is 16.6 Å². The average Bonchev–Trinajstić information content (AvgIpc) is 3.21. The highest BCUT2D eigenvalue weighted by Gasteiger charge is 2.34. The molecule has 1 aliphatic heterocycles. The molecule has 7 nitrogen and oxygen atoms in total. The molecule has 132 valence electrons. The van der Waals surface area contributed by atoms with E-state index in [1.807, 2.05) is 24.3 Å². The summed E-state index contributed by atoms with van der Waals surface area (Å²) in [6.45, 7) is -0.0242. The number of H-pyrrole nitrogens is 1. The van der Waals surface area contributed by atoms with Gasteiger partial charge in [0.2, 0.25) is 0 Å². The zero-order chi connectivity index (χ0) is 19.0. The van der Waals surface area contributed by atoms with Crippen LogP contribution in [0.3, 0.4) is 0 Å². The largest absolute Gasteiger partial charge is 0.511 e. The lowest BCUT2D eigenvalue weighted by molar-refractivity contribution is 0.0653. The van der Waals surface area contributed by atoms with Gasteiger partial charge in [0.15, 0.2) is 5.82 Å². The predicted octanol–water partition coefficient (Wildman–Crippen LogP) is 3.04. The quantitative estimate of drug-likeness (QED) is 0.423. The second-order valence-electron chi connectivity index (χ2n) is 6.09. The van der Waals surface area contributed by atoms with E-state index >= 15 is 0 Å². The van der Waals surface area contributed by atoms with Gasteiger partial charge in [-0.15, -0.1) is 0 Å². The predicted molar refractivity (Wildman–Crippen MR) is 97.7 cm³/mol. The third-order valence-electron chi connectivity index (χ3n) is 4.48. The van der Waals surface area contributed by atoms with Crippen molar-refractivity contribution < 1.29 is 14.7 Å². The average molecular weight is 358 g/mol. The molecule has 1 aromatic heterocycles. The molecule has 0 atom stereocenters. The van der Waals surface area contributed by atoms with Crippen LogP contribution in [-0.2, 0) is 0 Å². The molecule has 2 aromatic carbocycles. The summed E-state index contributed by atoms with van der Waals surface area (Å²) in [6, 6.07) is 15.8. The zero-order valence-electron chi connectivity index (χ0n) is 14.1. The number of aromatic nitrogens is 2. The van der Waals surface area contributed by atoms with Crippen molar-refractivity contribution in [2.75, 3.05) is 6.54 Å². The molecule has 2 amide bonds. The molecule has 27 heavy (non-hydrogen) atoms. The lowest BCUT2D eigenvalue weighted by Gasteiger charge is -2.13. The normalized spacial score (nSPS) is 14.3. The van der Waals surface area contributed by atoms with E-state index in [2.05, 4.69) is 9.97 Å². The van der Waals surface area contributed by atoms with E-state index < -0.39 is 11.8 Å². The number of aromatic amines is 1. The number of carbonyl (C=O) groups is 2. The Bertz CT molecular complexity index is 1090. The third-order valence-corrected chi connectivity index (χ3v) is 4.48. The summed E-state index contributed by atoms with van der Waals surface area (Å²) >= 11 is 0. The van der Waals surface area contributed by atoms with Crippen molar-refractivity contribution >= 4 is 28.4 Å². The van der Waals surface area contributed by atoms with E-state index in [4.69, 9.17) is 0 Å². The van der Waals surface area contributed by atoms with Gasteiger partial charge in [-0.05, 0) is 24.3 Å². The molecule has 0 unspecified atom stereocenters. The molecular formula is C20H14N4O3. The lowest BCUT2D eigenvalue weighted by atomic mass is 10.1. The summed E-state index contributed by atoms with van der Waals surface area (Å²) in [6.07, 6.45) is -0.0363. The highest BCUT2D eigenvalue weighted by molar-refractivity contribution is 6.21. The molecule has 2 N–H and O–H groups in total. The molecule has 0 fully saturated rings. The summed E-state index contributed by atoms with van der Waals surface area (Å²) in [4.78, 5) is 33.1. The first-order valence-electron chi connectivity index (χ1n) is 8.32. The molecule has 0 spiro atoms. The Hall–Kier alpha value is -3.92. The van der Waals surface area contributed by atoms with Crippen LogP contribution in [0.15, 0.2) is 54.3 Å².